The standard InChI is InChI=1S/C11H17N5O3/c1-2-15(7-8-4-3-5-19-8)10-9(16(17)18)6-13-11(12)14-10/h6,8H,2-5,7H2,1H3,(H2,12,13,14). The largest absolute Gasteiger partial charge is 0.376 e. The quantitative estimate of drug-likeness (QED) is 0.625. The van der Waals surface area contributed by atoms with Crippen molar-refractivity contribution in [1.29, 1.82) is 0 Å². The van der Waals surface area contributed by atoms with Crippen LogP contribution >= 0.6 is 0 Å². The number of nitro groups is 1. The first-order chi connectivity index (χ1) is 9.11. The predicted molar refractivity (Wildman–Crippen MR) is 70.0 cm³/mol. The van der Waals surface area contributed by atoms with E-state index in [1.807, 2.05) is 11.8 Å². The van der Waals surface area contributed by atoms with E-state index in [1.165, 1.54) is 0 Å². The summed E-state index contributed by atoms with van der Waals surface area (Å²) >= 11 is 0. The summed E-state index contributed by atoms with van der Waals surface area (Å²) < 4.78 is 5.55. The van der Waals surface area contributed by atoms with Crippen LogP contribution in [-0.4, -0.2) is 40.7 Å². The van der Waals surface area contributed by atoms with Crippen LogP contribution in [0.15, 0.2) is 6.20 Å². The summed E-state index contributed by atoms with van der Waals surface area (Å²) in [5, 5.41) is 11.0. The first kappa shape index (κ1) is 13.5. The van der Waals surface area contributed by atoms with E-state index in [2.05, 4.69) is 9.97 Å². The van der Waals surface area contributed by atoms with Crippen molar-refractivity contribution in [2.75, 3.05) is 30.3 Å². The molecule has 1 unspecified atom stereocenters. The second-order valence-corrected chi connectivity index (χ2v) is 4.37. The van der Waals surface area contributed by atoms with E-state index in [9.17, 15) is 10.1 Å². The van der Waals surface area contributed by atoms with E-state index in [0.717, 1.165) is 25.6 Å². The number of anilines is 2. The van der Waals surface area contributed by atoms with E-state index >= 15 is 0 Å². The van der Waals surface area contributed by atoms with Crippen molar-refractivity contribution in [2.24, 2.45) is 0 Å². The monoisotopic (exact) mass is 267 g/mol. The highest BCUT2D eigenvalue weighted by atomic mass is 16.6. The molecular weight excluding hydrogens is 250 g/mol. The van der Waals surface area contributed by atoms with E-state index in [0.29, 0.717) is 13.1 Å². The molecule has 1 atom stereocenters. The molecule has 1 fully saturated rings. The summed E-state index contributed by atoms with van der Waals surface area (Å²) in [6, 6.07) is 0. The topological polar surface area (TPSA) is 107 Å². The molecule has 1 saturated heterocycles. The third-order valence-corrected chi connectivity index (χ3v) is 3.09. The Balaban J connectivity index is 2.25. The fourth-order valence-corrected chi connectivity index (χ4v) is 2.14. The highest BCUT2D eigenvalue weighted by molar-refractivity contribution is 5.58. The molecule has 2 N–H and O–H groups in total. The number of nitrogens with zero attached hydrogens (tertiary/aromatic N) is 4. The van der Waals surface area contributed by atoms with Gasteiger partial charge in [-0.1, -0.05) is 0 Å². The Labute approximate surface area is 110 Å². The molecule has 2 heterocycles. The van der Waals surface area contributed by atoms with Crippen LogP contribution in [0.3, 0.4) is 0 Å². The van der Waals surface area contributed by atoms with Gasteiger partial charge in [-0.25, -0.2) is 4.98 Å². The fraction of sp³-hybridized carbons (Fsp3) is 0.636. The summed E-state index contributed by atoms with van der Waals surface area (Å²) in [5.74, 6) is 0.293. The fourth-order valence-electron chi connectivity index (χ4n) is 2.14. The van der Waals surface area contributed by atoms with Crippen molar-refractivity contribution in [3.05, 3.63) is 16.3 Å². The average Bonchev–Trinajstić information content (AvgIpc) is 2.88. The molecule has 0 amide bonds. The van der Waals surface area contributed by atoms with Crippen molar-refractivity contribution in [2.45, 2.75) is 25.9 Å². The normalized spacial score (nSPS) is 18.5. The second kappa shape index (κ2) is 5.79. The molecule has 0 bridgehead atoms. The minimum absolute atomic E-state index is 0.0337. The molecule has 0 saturated carbocycles. The summed E-state index contributed by atoms with van der Waals surface area (Å²) in [6.07, 6.45) is 3.23. The van der Waals surface area contributed by atoms with Crippen molar-refractivity contribution in [3.8, 4) is 0 Å². The highest BCUT2D eigenvalue weighted by Crippen LogP contribution is 2.26. The van der Waals surface area contributed by atoms with Gasteiger partial charge < -0.3 is 15.4 Å². The van der Waals surface area contributed by atoms with Crippen LogP contribution in [0.5, 0.6) is 0 Å². The zero-order valence-electron chi connectivity index (χ0n) is 10.8. The summed E-state index contributed by atoms with van der Waals surface area (Å²) in [5.41, 5.74) is 5.40. The van der Waals surface area contributed by atoms with Crippen LogP contribution in [0.2, 0.25) is 0 Å². The van der Waals surface area contributed by atoms with Crippen LogP contribution < -0.4 is 10.6 Å². The summed E-state index contributed by atoms with van der Waals surface area (Å²) in [7, 11) is 0. The zero-order valence-corrected chi connectivity index (χ0v) is 10.8. The number of hydrogen-bond acceptors (Lipinski definition) is 7. The van der Waals surface area contributed by atoms with Crippen molar-refractivity contribution in [3.63, 3.8) is 0 Å². The number of rotatable bonds is 5. The van der Waals surface area contributed by atoms with Crippen molar-refractivity contribution < 1.29 is 9.66 Å². The third-order valence-electron chi connectivity index (χ3n) is 3.09. The maximum atomic E-state index is 11.0. The molecule has 8 heteroatoms. The van der Waals surface area contributed by atoms with Gasteiger partial charge in [0, 0.05) is 19.7 Å². The molecule has 19 heavy (non-hydrogen) atoms. The molecule has 2 rings (SSSR count). The van der Waals surface area contributed by atoms with E-state index in [1.54, 1.807) is 0 Å². The molecule has 1 aliphatic heterocycles. The van der Waals surface area contributed by atoms with Gasteiger partial charge in [-0.2, -0.15) is 4.98 Å². The van der Waals surface area contributed by atoms with Gasteiger partial charge in [-0.15, -0.1) is 0 Å². The molecule has 0 radical (unpaired) electrons. The Hall–Kier alpha value is -1.96. The number of nitrogen functional groups attached to an aromatic ring is 1. The van der Waals surface area contributed by atoms with Gasteiger partial charge >= 0.3 is 5.69 Å². The van der Waals surface area contributed by atoms with Gasteiger partial charge in [0.2, 0.25) is 11.8 Å². The maximum Gasteiger partial charge on any atom is 0.329 e. The van der Waals surface area contributed by atoms with Crippen LogP contribution in [0, 0.1) is 10.1 Å². The molecule has 0 aliphatic carbocycles. The molecule has 104 valence electrons. The lowest BCUT2D eigenvalue weighted by molar-refractivity contribution is -0.384. The van der Waals surface area contributed by atoms with Gasteiger partial charge in [-0.05, 0) is 19.8 Å². The van der Waals surface area contributed by atoms with Gasteiger partial charge in [0.05, 0.1) is 11.0 Å². The molecule has 0 spiro atoms. The first-order valence-corrected chi connectivity index (χ1v) is 6.25. The minimum Gasteiger partial charge on any atom is -0.376 e. The first-order valence-electron chi connectivity index (χ1n) is 6.25. The van der Waals surface area contributed by atoms with E-state index < -0.39 is 4.92 Å². The maximum absolute atomic E-state index is 11.0. The van der Waals surface area contributed by atoms with Gasteiger partial charge in [-0.3, -0.25) is 10.1 Å². The van der Waals surface area contributed by atoms with Gasteiger partial charge in [0.1, 0.15) is 6.20 Å². The Morgan fingerprint density at radius 1 is 1.68 bits per heavy atom. The molecule has 1 aromatic heterocycles. The highest BCUT2D eigenvalue weighted by Gasteiger charge is 2.25. The Bertz CT molecular complexity index is 462. The van der Waals surface area contributed by atoms with E-state index in [4.69, 9.17) is 10.5 Å². The summed E-state index contributed by atoms with van der Waals surface area (Å²) in [6.45, 7) is 3.83. The Kier molecular flexibility index (Phi) is 4.10. The predicted octanol–water partition coefficient (Wildman–Crippen LogP) is 0.972. The second-order valence-electron chi connectivity index (χ2n) is 4.37. The smallest absolute Gasteiger partial charge is 0.329 e. The van der Waals surface area contributed by atoms with Gasteiger partial charge in [0.25, 0.3) is 0 Å². The Morgan fingerprint density at radius 2 is 2.47 bits per heavy atom. The molecule has 1 aliphatic rings. The van der Waals surface area contributed by atoms with Crippen LogP contribution in [0.4, 0.5) is 17.5 Å². The SMILES string of the molecule is CCN(CC1CCCO1)c1nc(N)ncc1[N+](=O)[O-]. The molecule has 8 nitrogen and oxygen atoms in total. The lowest BCUT2D eigenvalue weighted by Crippen LogP contribution is -2.33. The van der Waals surface area contributed by atoms with Crippen molar-refractivity contribution >= 4 is 17.5 Å². The molecule has 0 aromatic carbocycles. The molecule has 1 aromatic rings. The zero-order chi connectivity index (χ0) is 13.8. The average molecular weight is 267 g/mol. The number of likely N-dealkylation sites (N-methyl/N-ethyl adjacent to an activating group) is 1. The summed E-state index contributed by atoms with van der Waals surface area (Å²) in [4.78, 5) is 20.0. The number of ether oxygens (including phenoxy) is 1. The number of hydrogen-bond donors (Lipinski definition) is 1. The number of aromatic nitrogens is 2. The minimum atomic E-state index is -0.493. The van der Waals surface area contributed by atoms with Crippen LogP contribution in [0.25, 0.3) is 0 Å². The Morgan fingerprint density at radius 3 is 3.05 bits per heavy atom. The lowest BCUT2D eigenvalue weighted by atomic mass is 10.2. The third kappa shape index (κ3) is 3.08. The van der Waals surface area contributed by atoms with Crippen LogP contribution in [0.1, 0.15) is 19.8 Å². The van der Waals surface area contributed by atoms with E-state index in [-0.39, 0.29) is 23.6 Å². The van der Waals surface area contributed by atoms with Crippen molar-refractivity contribution in [1.82, 2.24) is 9.97 Å². The van der Waals surface area contributed by atoms with Gasteiger partial charge in [0.15, 0.2) is 0 Å². The van der Waals surface area contributed by atoms with Crippen LogP contribution in [-0.2, 0) is 4.74 Å². The lowest BCUT2D eigenvalue weighted by Gasteiger charge is -2.24. The number of nitrogens with two attached hydrogens (primary N) is 1. The molecular formula is C11H17N5O3.